The van der Waals surface area contributed by atoms with Crippen LogP contribution in [0.5, 0.6) is 0 Å². The SMILES string of the molecule is CCc1ccc(-c2nc(N)c(Br)c(-c3ccccc3)n2)s1. The van der Waals surface area contributed by atoms with E-state index < -0.39 is 0 Å². The number of halogens is 1. The normalized spacial score (nSPS) is 10.8. The number of hydrogen-bond acceptors (Lipinski definition) is 4. The number of aryl methyl sites for hydroxylation is 1. The lowest BCUT2D eigenvalue weighted by molar-refractivity contribution is 1.18. The summed E-state index contributed by atoms with van der Waals surface area (Å²) < 4.78 is 0.740. The third-order valence-corrected chi connectivity index (χ3v) is 5.16. The Morgan fingerprint density at radius 3 is 2.52 bits per heavy atom. The number of anilines is 1. The van der Waals surface area contributed by atoms with Gasteiger partial charge in [0.05, 0.1) is 15.0 Å². The molecule has 0 spiro atoms. The number of nitrogens with zero attached hydrogens (tertiary/aromatic N) is 2. The molecule has 2 N–H and O–H groups in total. The molecule has 5 heteroatoms. The van der Waals surface area contributed by atoms with E-state index in [1.165, 1.54) is 4.88 Å². The van der Waals surface area contributed by atoms with Crippen LogP contribution in [0.4, 0.5) is 5.82 Å². The summed E-state index contributed by atoms with van der Waals surface area (Å²) in [5, 5.41) is 0. The first-order chi connectivity index (χ1) is 10.2. The monoisotopic (exact) mass is 359 g/mol. The first-order valence-electron chi connectivity index (χ1n) is 6.66. The van der Waals surface area contributed by atoms with Crippen molar-refractivity contribution >= 4 is 33.1 Å². The predicted octanol–water partition coefficient (Wildman–Crippen LogP) is 4.78. The molecule has 106 valence electrons. The van der Waals surface area contributed by atoms with Gasteiger partial charge in [0.25, 0.3) is 0 Å². The van der Waals surface area contributed by atoms with Crippen LogP contribution < -0.4 is 5.73 Å². The summed E-state index contributed by atoms with van der Waals surface area (Å²) in [5.41, 5.74) is 7.89. The van der Waals surface area contributed by atoms with Gasteiger partial charge in [-0.15, -0.1) is 11.3 Å². The molecule has 21 heavy (non-hydrogen) atoms. The number of thiophene rings is 1. The van der Waals surface area contributed by atoms with Gasteiger partial charge in [0, 0.05) is 10.4 Å². The Labute approximate surface area is 136 Å². The molecule has 3 aromatic rings. The van der Waals surface area contributed by atoms with E-state index in [0.29, 0.717) is 11.6 Å². The molecular formula is C16H14BrN3S. The molecule has 0 saturated carbocycles. The first-order valence-corrected chi connectivity index (χ1v) is 8.27. The van der Waals surface area contributed by atoms with Crippen molar-refractivity contribution < 1.29 is 0 Å². The highest BCUT2D eigenvalue weighted by molar-refractivity contribution is 9.10. The van der Waals surface area contributed by atoms with Crippen molar-refractivity contribution in [3.05, 3.63) is 51.8 Å². The Morgan fingerprint density at radius 1 is 1.10 bits per heavy atom. The van der Waals surface area contributed by atoms with Gasteiger partial charge in [0.2, 0.25) is 0 Å². The highest BCUT2D eigenvalue weighted by atomic mass is 79.9. The molecule has 0 saturated heterocycles. The maximum absolute atomic E-state index is 6.04. The topological polar surface area (TPSA) is 51.8 Å². The molecule has 3 rings (SSSR count). The molecule has 0 bridgehead atoms. The van der Waals surface area contributed by atoms with Crippen molar-refractivity contribution in [2.45, 2.75) is 13.3 Å². The zero-order chi connectivity index (χ0) is 14.8. The van der Waals surface area contributed by atoms with Gasteiger partial charge in [-0.3, -0.25) is 0 Å². The Hall–Kier alpha value is -1.72. The summed E-state index contributed by atoms with van der Waals surface area (Å²) in [6.07, 6.45) is 1.02. The van der Waals surface area contributed by atoms with E-state index in [1.54, 1.807) is 11.3 Å². The molecule has 0 aliphatic heterocycles. The molecule has 1 aromatic carbocycles. The van der Waals surface area contributed by atoms with Gasteiger partial charge < -0.3 is 5.73 Å². The first kappa shape index (κ1) is 14.2. The molecule has 3 nitrogen and oxygen atoms in total. The summed E-state index contributed by atoms with van der Waals surface area (Å²) in [6, 6.07) is 14.2. The molecule has 0 atom stereocenters. The van der Waals surface area contributed by atoms with Crippen LogP contribution in [-0.2, 0) is 6.42 Å². The minimum atomic E-state index is 0.463. The van der Waals surface area contributed by atoms with E-state index in [1.807, 2.05) is 30.3 Å². The lowest BCUT2D eigenvalue weighted by Gasteiger charge is -2.08. The fraction of sp³-hybridized carbons (Fsp3) is 0.125. The number of aromatic nitrogens is 2. The maximum Gasteiger partial charge on any atom is 0.172 e. The Bertz CT molecular complexity index is 768. The minimum absolute atomic E-state index is 0.463. The van der Waals surface area contributed by atoms with Crippen molar-refractivity contribution in [3.63, 3.8) is 0 Å². The lowest BCUT2D eigenvalue weighted by atomic mass is 10.1. The number of nitrogen functional groups attached to an aromatic ring is 1. The zero-order valence-corrected chi connectivity index (χ0v) is 13.9. The molecule has 0 unspecified atom stereocenters. The van der Waals surface area contributed by atoms with Gasteiger partial charge in [0.15, 0.2) is 5.82 Å². The molecule has 2 aromatic heterocycles. The minimum Gasteiger partial charge on any atom is -0.383 e. The molecule has 2 heterocycles. The molecule has 0 aliphatic carbocycles. The molecule has 0 fully saturated rings. The van der Waals surface area contributed by atoms with Crippen molar-refractivity contribution in [3.8, 4) is 22.0 Å². The lowest BCUT2D eigenvalue weighted by Crippen LogP contribution is -1.99. The number of nitrogens with two attached hydrogens (primary N) is 1. The second-order valence-corrected chi connectivity index (χ2v) is 6.54. The predicted molar refractivity (Wildman–Crippen MR) is 92.3 cm³/mol. The van der Waals surface area contributed by atoms with E-state index in [-0.39, 0.29) is 0 Å². The Balaban J connectivity index is 2.14. The fourth-order valence-electron chi connectivity index (χ4n) is 2.05. The van der Waals surface area contributed by atoms with Crippen LogP contribution in [0, 0.1) is 0 Å². The van der Waals surface area contributed by atoms with E-state index in [9.17, 15) is 0 Å². The van der Waals surface area contributed by atoms with Gasteiger partial charge in [-0.25, -0.2) is 9.97 Å². The van der Waals surface area contributed by atoms with Gasteiger partial charge in [-0.05, 0) is 34.5 Å². The van der Waals surface area contributed by atoms with Gasteiger partial charge in [-0.1, -0.05) is 37.3 Å². The van der Waals surface area contributed by atoms with Gasteiger partial charge in [-0.2, -0.15) is 0 Å². The van der Waals surface area contributed by atoms with Crippen LogP contribution in [0.25, 0.3) is 22.0 Å². The van der Waals surface area contributed by atoms with Crippen LogP contribution in [0.3, 0.4) is 0 Å². The third-order valence-electron chi connectivity index (χ3n) is 3.15. The Morgan fingerprint density at radius 2 is 1.86 bits per heavy atom. The largest absolute Gasteiger partial charge is 0.383 e. The van der Waals surface area contributed by atoms with Crippen LogP contribution in [-0.4, -0.2) is 9.97 Å². The molecular weight excluding hydrogens is 346 g/mol. The summed E-state index contributed by atoms with van der Waals surface area (Å²) in [7, 11) is 0. The number of hydrogen-bond donors (Lipinski definition) is 1. The summed E-state index contributed by atoms with van der Waals surface area (Å²) in [4.78, 5) is 11.5. The van der Waals surface area contributed by atoms with Crippen molar-refractivity contribution in [2.75, 3.05) is 5.73 Å². The van der Waals surface area contributed by atoms with Crippen molar-refractivity contribution in [1.29, 1.82) is 0 Å². The van der Waals surface area contributed by atoms with Crippen LogP contribution in [0.15, 0.2) is 46.9 Å². The van der Waals surface area contributed by atoms with E-state index in [4.69, 9.17) is 10.7 Å². The van der Waals surface area contributed by atoms with Crippen molar-refractivity contribution in [2.24, 2.45) is 0 Å². The fourth-order valence-corrected chi connectivity index (χ4v) is 3.34. The average molecular weight is 360 g/mol. The molecule has 0 aliphatic rings. The number of benzene rings is 1. The highest BCUT2D eigenvalue weighted by Crippen LogP contribution is 2.34. The van der Waals surface area contributed by atoms with Crippen LogP contribution in [0.1, 0.15) is 11.8 Å². The summed E-state index contributed by atoms with van der Waals surface area (Å²) in [5.74, 6) is 1.14. The maximum atomic E-state index is 6.04. The smallest absolute Gasteiger partial charge is 0.172 e. The second kappa shape index (κ2) is 5.95. The summed E-state index contributed by atoms with van der Waals surface area (Å²) in [6.45, 7) is 2.14. The summed E-state index contributed by atoms with van der Waals surface area (Å²) >= 11 is 5.20. The second-order valence-electron chi connectivity index (χ2n) is 4.58. The third kappa shape index (κ3) is 2.84. The van der Waals surface area contributed by atoms with E-state index in [0.717, 1.165) is 27.0 Å². The highest BCUT2D eigenvalue weighted by Gasteiger charge is 2.14. The molecule has 0 radical (unpaired) electrons. The van der Waals surface area contributed by atoms with Crippen molar-refractivity contribution in [1.82, 2.24) is 9.97 Å². The van der Waals surface area contributed by atoms with Gasteiger partial charge >= 0.3 is 0 Å². The number of rotatable bonds is 3. The van der Waals surface area contributed by atoms with Crippen LogP contribution >= 0.6 is 27.3 Å². The average Bonchev–Trinajstić information content (AvgIpc) is 3.00. The van der Waals surface area contributed by atoms with E-state index >= 15 is 0 Å². The van der Waals surface area contributed by atoms with Gasteiger partial charge in [0.1, 0.15) is 5.82 Å². The quantitative estimate of drug-likeness (QED) is 0.731. The Kier molecular flexibility index (Phi) is 4.03. The van der Waals surface area contributed by atoms with Crippen LogP contribution in [0.2, 0.25) is 0 Å². The van der Waals surface area contributed by atoms with E-state index in [2.05, 4.69) is 40.0 Å². The zero-order valence-electron chi connectivity index (χ0n) is 11.5. The molecule has 0 amide bonds. The standard InChI is InChI=1S/C16H14BrN3S/c1-2-11-8-9-12(21-11)16-19-14(13(17)15(18)20-16)10-6-4-3-5-7-10/h3-9H,2H2,1H3,(H2,18,19,20).